The van der Waals surface area contributed by atoms with Crippen molar-refractivity contribution < 1.29 is 23.9 Å². The maximum absolute atomic E-state index is 13.6. The van der Waals surface area contributed by atoms with E-state index in [0.717, 1.165) is 13.0 Å². The fraction of sp³-hybridized carbons (Fsp3) is 0.308. The number of primary amides is 1. The summed E-state index contributed by atoms with van der Waals surface area (Å²) in [7, 11) is 5.50. The number of amides is 3. The van der Waals surface area contributed by atoms with E-state index in [9.17, 15) is 14.4 Å². The SMILES string of the molecule is COc1ccc(-n2nc(C(N)=O)c3c2C(=O)N(c2ccc(OC(=O)NCCCN(C)C)cc2)CC3)cc1. The lowest BCUT2D eigenvalue weighted by Crippen LogP contribution is -2.39. The van der Waals surface area contributed by atoms with Crippen molar-refractivity contribution in [1.29, 1.82) is 0 Å². The number of hydrogen-bond acceptors (Lipinski definition) is 7. The predicted octanol–water partition coefficient (Wildman–Crippen LogP) is 2.22. The largest absolute Gasteiger partial charge is 0.497 e. The number of anilines is 1. The van der Waals surface area contributed by atoms with Crippen molar-refractivity contribution in [3.63, 3.8) is 0 Å². The highest BCUT2D eigenvalue weighted by Crippen LogP contribution is 2.30. The summed E-state index contributed by atoms with van der Waals surface area (Å²) in [4.78, 5) is 41.4. The van der Waals surface area contributed by atoms with E-state index in [0.29, 0.717) is 47.9 Å². The molecule has 4 rings (SSSR count). The summed E-state index contributed by atoms with van der Waals surface area (Å²) >= 11 is 0. The van der Waals surface area contributed by atoms with Gasteiger partial charge in [0.05, 0.1) is 12.8 Å². The number of carbonyl (C=O) groups is 3. The normalized spacial score (nSPS) is 12.9. The summed E-state index contributed by atoms with van der Waals surface area (Å²) in [5.41, 5.74) is 7.67. The van der Waals surface area contributed by atoms with Gasteiger partial charge in [0.2, 0.25) is 0 Å². The first-order valence-corrected chi connectivity index (χ1v) is 11.9. The summed E-state index contributed by atoms with van der Waals surface area (Å²) in [6.45, 7) is 1.71. The van der Waals surface area contributed by atoms with Crippen LogP contribution in [0, 0.1) is 0 Å². The van der Waals surface area contributed by atoms with Gasteiger partial charge in [0.15, 0.2) is 5.69 Å². The Kier molecular flexibility index (Phi) is 7.73. The van der Waals surface area contributed by atoms with Crippen molar-refractivity contribution in [2.45, 2.75) is 12.8 Å². The molecule has 0 atom stereocenters. The van der Waals surface area contributed by atoms with E-state index in [1.807, 2.05) is 19.0 Å². The van der Waals surface area contributed by atoms with Crippen LogP contribution in [-0.2, 0) is 6.42 Å². The molecule has 1 aliphatic heterocycles. The Morgan fingerprint density at radius 2 is 1.70 bits per heavy atom. The van der Waals surface area contributed by atoms with Crippen LogP contribution in [0.25, 0.3) is 5.69 Å². The second-order valence-corrected chi connectivity index (χ2v) is 8.82. The lowest BCUT2D eigenvalue weighted by Gasteiger charge is -2.27. The second-order valence-electron chi connectivity index (χ2n) is 8.82. The minimum atomic E-state index is -0.689. The van der Waals surface area contributed by atoms with Crippen molar-refractivity contribution in [3.05, 3.63) is 65.5 Å². The summed E-state index contributed by atoms with van der Waals surface area (Å²) < 4.78 is 12.0. The van der Waals surface area contributed by atoms with Gasteiger partial charge < -0.3 is 30.3 Å². The number of nitrogens with one attached hydrogen (secondary N) is 1. The zero-order valence-corrected chi connectivity index (χ0v) is 21.1. The number of ether oxygens (including phenoxy) is 2. The molecule has 0 fully saturated rings. The van der Waals surface area contributed by atoms with Crippen LogP contribution in [0.1, 0.15) is 33.0 Å². The molecule has 0 saturated carbocycles. The minimum absolute atomic E-state index is 0.0826. The standard InChI is InChI=1S/C26H30N6O5/c1-30(2)15-4-14-28-26(35)37-20-11-5-17(6-12-20)31-16-13-21-22(24(27)33)29-32(23(21)25(31)34)18-7-9-19(36-3)10-8-18/h5-12H,4,13-16H2,1-3H3,(H2,27,33)(H,28,35). The van der Waals surface area contributed by atoms with E-state index >= 15 is 0 Å². The molecule has 0 unspecified atom stereocenters. The highest BCUT2D eigenvalue weighted by atomic mass is 16.6. The van der Waals surface area contributed by atoms with Crippen LogP contribution in [-0.4, -0.2) is 73.4 Å². The van der Waals surface area contributed by atoms with Gasteiger partial charge in [0, 0.05) is 24.3 Å². The number of nitrogens with zero attached hydrogens (tertiary/aromatic N) is 4. The third kappa shape index (κ3) is 5.72. The summed E-state index contributed by atoms with van der Waals surface area (Å²) in [6, 6.07) is 13.7. The topological polar surface area (TPSA) is 132 Å². The van der Waals surface area contributed by atoms with Crippen molar-refractivity contribution in [1.82, 2.24) is 20.0 Å². The van der Waals surface area contributed by atoms with Crippen LogP contribution in [0.2, 0.25) is 0 Å². The molecule has 194 valence electrons. The van der Waals surface area contributed by atoms with Crippen molar-refractivity contribution >= 4 is 23.6 Å². The summed E-state index contributed by atoms with van der Waals surface area (Å²) in [6.07, 6.45) is 0.681. The van der Waals surface area contributed by atoms with Gasteiger partial charge in [-0.1, -0.05) is 0 Å². The van der Waals surface area contributed by atoms with Crippen LogP contribution in [0.4, 0.5) is 10.5 Å². The molecule has 37 heavy (non-hydrogen) atoms. The Morgan fingerprint density at radius 1 is 1.05 bits per heavy atom. The first-order valence-electron chi connectivity index (χ1n) is 11.9. The van der Waals surface area contributed by atoms with E-state index in [2.05, 4.69) is 10.4 Å². The fourth-order valence-corrected chi connectivity index (χ4v) is 4.14. The minimum Gasteiger partial charge on any atom is -0.497 e. The Labute approximate surface area is 214 Å². The Bertz CT molecular complexity index is 1280. The monoisotopic (exact) mass is 506 g/mol. The first kappa shape index (κ1) is 25.7. The van der Waals surface area contributed by atoms with Gasteiger partial charge in [-0.05, 0) is 82.0 Å². The number of fused-ring (bicyclic) bond motifs is 1. The van der Waals surface area contributed by atoms with Crippen LogP contribution < -0.4 is 25.4 Å². The number of carbonyl (C=O) groups excluding carboxylic acids is 3. The van der Waals surface area contributed by atoms with Crippen LogP contribution in [0.3, 0.4) is 0 Å². The number of hydrogen-bond donors (Lipinski definition) is 2. The number of methoxy groups -OCH3 is 1. The molecule has 2 aromatic carbocycles. The quantitative estimate of drug-likeness (QED) is 0.425. The van der Waals surface area contributed by atoms with E-state index in [1.165, 1.54) is 4.68 Å². The van der Waals surface area contributed by atoms with E-state index in [-0.39, 0.29) is 17.3 Å². The zero-order valence-electron chi connectivity index (χ0n) is 21.1. The Balaban J connectivity index is 1.52. The maximum atomic E-state index is 13.6. The fourth-order valence-electron chi connectivity index (χ4n) is 4.14. The van der Waals surface area contributed by atoms with Gasteiger partial charge in [-0.25, -0.2) is 9.48 Å². The lowest BCUT2D eigenvalue weighted by atomic mass is 10.0. The molecule has 11 nitrogen and oxygen atoms in total. The smallest absolute Gasteiger partial charge is 0.412 e. The molecule has 1 aromatic heterocycles. The second kappa shape index (κ2) is 11.1. The zero-order chi connectivity index (χ0) is 26.5. The molecule has 0 radical (unpaired) electrons. The molecule has 3 N–H and O–H groups in total. The average Bonchev–Trinajstić information content (AvgIpc) is 3.28. The van der Waals surface area contributed by atoms with Crippen molar-refractivity contribution in [2.24, 2.45) is 5.73 Å². The number of rotatable bonds is 9. The Morgan fingerprint density at radius 3 is 2.32 bits per heavy atom. The molecule has 11 heteroatoms. The molecule has 2 heterocycles. The number of benzene rings is 2. The van der Waals surface area contributed by atoms with Gasteiger partial charge in [-0.3, -0.25) is 9.59 Å². The first-order chi connectivity index (χ1) is 17.8. The van der Waals surface area contributed by atoms with E-state index in [4.69, 9.17) is 15.2 Å². The summed E-state index contributed by atoms with van der Waals surface area (Å²) in [5, 5.41) is 7.08. The molecule has 0 saturated heterocycles. The molecule has 3 amide bonds. The molecule has 1 aliphatic rings. The van der Waals surface area contributed by atoms with E-state index in [1.54, 1.807) is 60.5 Å². The molecule has 0 bridgehead atoms. The van der Waals surface area contributed by atoms with Gasteiger partial charge >= 0.3 is 6.09 Å². The molecule has 0 aliphatic carbocycles. The Hall–Kier alpha value is -4.38. The summed E-state index contributed by atoms with van der Waals surface area (Å²) in [5.74, 6) is 0.00586. The lowest BCUT2D eigenvalue weighted by molar-refractivity contribution is 0.0972. The van der Waals surface area contributed by atoms with Gasteiger partial charge in [-0.15, -0.1) is 0 Å². The maximum Gasteiger partial charge on any atom is 0.412 e. The van der Waals surface area contributed by atoms with Gasteiger partial charge in [0.25, 0.3) is 11.8 Å². The molecular formula is C26H30N6O5. The highest BCUT2D eigenvalue weighted by molar-refractivity contribution is 6.09. The molecular weight excluding hydrogens is 476 g/mol. The van der Waals surface area contributed by atoms with Crippen LogP contribution in [0.15, 0.2) is 48.5 Å². The van der Waals surface area contributed by atoms with E-state index < -0.39 is 12.0 Å². The van der Waals surface area contributed by atoms with Crippen LogP contribution >= 0.6 is 0 Å². The van der Waals surface area contributed by atoms with Gasteiger partial charge in [-0.2, -0.15) is 5.10 Å². The molecule has 0 spiro atoms. The number of nitrogens with two attached hydrogens (primary N) is 1. The highest BCUT2D eigenvalue weighted by Gasteiger charge is 2.34. The molecule has 3 aromatic rings. The third-order valence-corrected chi connectivity index (χ3v) is 5.98. The van der Waals surface area contributed by atoms with Crippen molar-refractivity contribution in [3.8, 4) is 17.2 Å². The average molecular weight is 507 g/mol. The predicted molar refractivity (Wildman–Crippen MR) is 138 cm³/mol. The van der Waals surface area contributed by atoms with Gasteiger partial charge in [0.1, 0.15) is 17.2 Å². The number of aromatic nitrogens is 2. The van der Waals surface area contributed by atoms with Crippen LogP contribution in [0.5, 0.6) is 11.5 Å². The third-order valence-electron chi connectivity index (χ3n) is 5.98. The van der Waals surface area contributed by atoms with Crippen molar-refractivity contribution in [2.75, 3.05) is 45.7 Å².